The van der Waals surface area contributed by atoms with Crippen molar-refractivity contribution in [3.8, 4) is 28.3 Å². The Kier molecular flexibility index (Phi) is 6.92. The summed E-state index contributed by atoms with van der Waals surface area (Å²) in [5.41, 5.74) is 9.39. The van der Waals surface area contributed by atoms with E-state index in [-0.39, 0.29) is 0 Å². The van der Waals surface area contributed by atoms with Crippen LogP contribution in [0, 0.1) is 25.2 Å². The van der Waals surface area contributed by atoms with E-state index in [1.165, 1.54) is 5.69 Å². The molecule has 0 saturated carbocycles. The maximum absolute atomic E-state index is 10.5. The van der Waals surface area contributed by atoms with Crippen molar-refractivity contribution in [1.82, 2.24) is 0 Å². The van der Waals surface area contributed by atoms with Gasteiger partial charge in [-0.15, -0.1) is 0 Å². The molecule has 0 radical (unpaired) electrons. The molecule has 36 heavy (non-hydrogen) atoms. The first-order valence-electron chi connectivity index (χ1n) is 12.1. The summed E-state index contributed by atoms with van der Waals surface area (Å²) in [6, 6.07) is 28.9. The summed E-state index contributed by atoms with van der Waals surface area (Å²) in [5, 5.41) is 11.9. The van der Waals surface area contributed by atoms with Crippen molar-refractivity contribution < 1.29 is 0 Å². The van der Waals surface area contributed by atoms with Crippen LogP contribution in [0.2, 0.25) is 10.0 Å². The van der Waals surface area contributed by atoms with Crippen LogP contribution in [0.1, 0.15) is 16.7 Å². The second-order valence-corrected chi connectivity index (χ2v) is 10.0. The summed E-state index contributed by atoms with van der Waals surface area (Å²) >= 11 is 12.4. The van der Waals surface area contributed by atoms with Gasteiger partial charge in [-0.05, 0) is 78.1 Å². The first-order valence-corrected chi connectivity index (χ1v) is 12.9. The van der Waals surface area contributed by atoms with E-state index in [1.807, 2.05) is 42.5 Å². The number of hydrogen-bond acceptors (Lipinski definition) is 3. The second-order valence-electron chi connectivity index (χ2n) is 9.16. The molecular weight excluding hydrogens is 485 g/mol. The molecule has 4 aromatic rings. The molecule has 0 unspecified atom stereocenters. The second kappa shape index (κ2) is 10.3. The third-order valence-corrected chi connectivity index (χ3v) is 7.57. The molecule has 0 bridgehead atoms. The van der Waals surface area contributed by atoms with Gasteiger partial charge in [-0.2, -0.15) is 5.26 Å². The van der Waals surface area contributed by atoms with Gasteiger partial charge >= 0.3 is 0 Å². The van der Waals surface area contributed by atoms with Crippen LogP contribution < -0.4 is 9.80 Å². The lowest BCUT2D eigenvalue weighted by molar-refractivity contribution is 0.652. The number of piperazine rings is 1. The van der Waals surface area contributed by atoms with Crippen LogP contribution in [0.5, 0.6) is 0 Å². The minimum atomic E-state index is 0.678. The van der Waals surface area contributed by atoms with Gasteiger partial charge in [0, 0.05) is 47.5 Å². The van der Waals surface area contributed by atoms with Crippen molar-refractivity contribution in [2.75, 3.05) is 36.0 Å². The summed E-state index contributed by atoms with van der Waals surface area (Å²) in [5.74, 6) is 0. The largest absolute Gasteiger partial charge is 0.368 e. The summed E-state index contributed by atoms with van der Waals surface area (Å²) in [7, 11) is 0. The fourth-order valence-corrected chi connectivity index (χ4v) is 5.63. The summed E-state index contributed by atoms with van der Waals surface area (Å²) in [4.78, 5) is 4.79. The quantitative estimate of drug-likeness (QED) is 0.277. The normalized spacial score (nSPS) is 13.5. The molecular formula is C31H27Cl2N3. The van der Waals surface area contributed by atoms with E-state index in [0.29, 0.717) is 10.0 Å². The minimum Gasteiger partial charge on any atom is -0.368 e. The minimum absolute atomic E-state index is 0.678. The van der Waals surface area contributed by atoms with Crippen LogP contribution in [0.15, 0.2) is 78.9 Å². The lowest BCUT2D eigenvalue weighted by atomic mass is 9.84. The lowest BCUT2D eigenvalue weighted by Gasteiger charge is -2.39. The van der Waals surface area contributed by atoms with Crippen molar-refractivity contribution >= 4 is 34.6 Å². The molecule has 0 spiro atoms. The molecule has 5 heteroatoms. The lowest BCUT2D eigenvalue weighted by Crippen LogP contribution is -2.47. The van der Waals surface area contributed by atoms with Crippen LogP contribution in [0.4, 0.5) is 11.4 Å². The predicted molar refractivity (Wildman–Crippen MR) is 152 cm³/mol. The Morgan fingerprint density at radius 2 is 1.14 bits per heavy atom. The van der Waals surface area contributed by atoms with E-state index >= 15 is 0 Å². The average Bonchev–Trinajstić information content (AvgIpc) is 2.91. The van der Waals surface area contributed by atoms with Gasteiger partial charge in [0.1, 0.15) is 6.07 Å². The maximum Gasteiger partial charge on any atom is 0.102 e. The number of nitrogens with zero attached hydrogens (tertiary/aromatic N) is 3. The Bertz CT molecular complexity index is 1410. The molecule has 0 aliphatic carbocycles. The molecule has 1 heterocycles. The Morgan fingerprint density at radius 1 is 0.639 bits per heavy atom. The van der Waals surface area contributed by atoms with Crippen LogP contribution >= 0.6 is 23.2 Å². The van der Waals surface area contributed by atoms with Gasteiger partial charge in [-0.3, -0.25) is 0 Å². The van der Waals surface area contributed by atoms with Gasteiger partial charge in [0.25, 0.3) is 0 Å². The highest BCUT2D eigenvalue weighted by molar-refractivity contribution is 6.31. The van der Waals surface area contributed by atoms with Crippen molar-refractivity contribution in [3.63, 3.8) is 0 Å². The van der Waals surface area contributed by atoms with Gasteiger partial charge in [0.05, 0.1) is 11.3 Å². The third kappa shape index (κ3) is 4.55. The fraction of sp³-hybridized carbons (Fsp3) is 0.194. The number of para-hydroxylation sites is 1. The number of nitriles is 1. The summed E-state index contributed by atoms with van der Waals surface area (Å²) in [6.07, 6.45) is 0. The first-order chi connectivity index (χ1) is 17.5. The SMILES string of the molecule is Cc1c(-c2ccc(Cl)cc2)c(C)c(N2CCN(c3ccccc3)CC2)c(C#N)c1-c1ccc(Cl)cc1. The Labute approximate surface area is 223 Å². The topological polar surface area (TPSA) is 30.3 Å². The Balaban J connectivity index is 1.65. The number of hydrogen-bond donors (Lipinski definition) is 0. The monoisotopic (exact) mass is 511 g/mol. The molecule has 1 aliphatic heterocycles. The zero-order valence-electron chi connectivity index (χ0n) is 20.4. The number of halogens is 2. The van der Waals surface area contributed by atoms with Crippen LogP contribution in [-0.2, 0) is 0 Å². The maximum atomic E-state index is 10.5. The third-order valence-electron chi connectivity index (χ3n) is 7.06. The van der Waals surface area contributed by atoms with Crippen molar-refractivity contribution in [2.24, 2.45) is 0 Å². The van der Waals surface area contributed by atoms with E-state index in [2.05, 4.69) is 66.1 Å². The molecule has 5 rings (SSSR count). The zero-order chi connectivity index (χ0) is 25.2. The van der Waals surface area contributed by atoms with Crippen molar-refractivity contribution in [1.29, 1.82) is 5.26 Å². The van der Waals surface area contributed by atoms with Gasteiger partial charge in [0.2, 0.25) is 0 Å². The van der Waals surface area contributed by atoms with E-state index in [4.69, 9.17) is 23.2 Å². The average molecular weight is 512 g/mol. The highest BCUT2D eigenvalue weighted by Gasteiger charge is 2.27. The number of anilines is 2. The number of rotatable bonds is 4. The van der Waals surface area contributed by atoms with Crippen molar-refractivity contribution in [2.45, 2.75) is 13.8 Å². The van der Waals surface area contributed by atoms with Crippen LogP contribution in [0.25, 0.3) is 22.3 Å². The Morgan fingerprint density at radius 3 is 1.67 bits per heavy atom. The van der Waals surface area contributed by atoms with E-state index in [0.717, 1.165) is 70.8 Å². The molecule has 0 atom stereocenters. The molecule has 1 aliphatic rings. The van der Waals surface area contributed by atoms with Gasteiger partial charge in [0.15, 0.2) is 0 Å². The molecule has 1 saturated heterocycles. The van der Waals surface area contributed by atoms with Gasteiger partial charge < -0.3 is 9.80 Å². The zero-order valence-corrected chi connectivity index (χ0v) is 21.9. The molecule has 3 nitrogen and oxygen atoms in total. The molecule has 0 aromatic heterocycles. The van der Waals surface area contributed by atoms with Crippen molar-refractivity contribution in [3.05, 3.63) is 106 Å². The van der Waals surface area contributed by atoms with Crippen LogP contribution in [0.3, 0.4) is 0 Å². The highest BCUT2D eigenvalue weighted by atomic mass is 35.5. The smallest absolute Gasteiger partial charge is 0.102 e. The van der Waals surface area contributed by atoms with E-state index in [9.17, 15) is 5.26 Å². The summed E-state index contributed by atoms with van der Waals surface area (Å²) in [6.45, 7) is 7.73. The first kappa shape index (κ1) is 24.3. The predicted octanol–water partition coefficient (Wildman–Crippen LogP) is 8.14. The molecule has 180 valence electrons. The number of benzene rings is 4. The molecule has 0 amide bonds. The standard InChI is InChI=1S/C31H27Cl2N3/c1-21-29(23-8-12-25(32)13-9-23)22(2)31(28(20-34)30(21)24-10-14-26(33)15-11-24)36-18-16-35(17-19-36)27-6-4-3-5-7-27/h3-15H,16-19H2,1-2H3. The molecule has 0 N–H and O–H groups in total. The molecule has 1 fully saturated rings. The van der Waals surface area contributed by atoms with Gasteiger partial charge in [-0.1, -0.05) is 65.7 Å². The summed E-state index contributed by atoms with van der Waals surface area (Å²) < 4.78 is 0. The van der Waals surface area contributed by atoms with Gasteiger partial charge in [-0.25, -0.2) is 0 Å². The Hall–Kier alpha value is -3.45. The van der Waals surface area contributed by atoms with E-state index in [1.54, 1.807) is 0 Å². The van der Waals surface area contributed by atoms with E-state index < -0.39 is 0 Å². The molecule has 4 aromatic carbocycles. The fourth-order valence-electron chi connectivity index (χ4n) is 5.38. The highest BCUT2D eigenvalue weighted by Crippen LogP contribution is 2.44. The van der Waals surface area contributed by atoms with Crippen LogP contribution in [-0.4, -0.2) is 26.2 Å².